The van der Waals surface area contributed by atoms with E-state index in [0.29, 0.717) is 41.8 Å². The van der Waals surface area contributed by atoms with Crippen LogP contribution in [0.3, 0.4) is 0 Å². The summed E-state index contributed by atoms with van der Waals surface area (Å²) in [4.78, 5) is 39.0. The van der Waals surface area contributed by atoms with Gasteiger partial charge in [-0.15, -0.1) is 0 Å². The van der Waals surface area contributed by atoms with Crippen LogP contribution >= 0.6 is 11.6 Å². The Morgan fingerprint density at radius 1 is 1.00 bits per heavy atom. The van der Waals surface area contributed by atoms with E-state index >= 15 is 0 Å². The fourth-order valence-electron chi connectivity index (χ4n) is 3.99. The molecule has 0 unspecified atom stereocenters. The predicted molar refractivity (Wildman–Crippen MR) is 136 cm³/mol. The van der Waals surface area contributed by atoms with Crippen LogP contribution in [0.5, 0.6) is 0 Å². The molecule has 4 rings (SSSR count). The minimum Gasteiger partial charge on any atom is -0.355 e. The molecule has 0 aliphatic rings. The predicted octanol–water partition coefficient (Wildman–Crippen LogP) is 2.49. The van der Waals surface area contributed by atoms with Gasteiger partial charge in [-0.3, -0.25) is 18.5 Å². The van der Waals surface area contributed by atoms with Crippen LogP contribution in [-0.4, -0.2) is 50.4 Å². The van der Waals surface area contributed by atoms with Crippen molar-refractivity contribution in [3.63, 3.8) is 0 Å². The van der Waals surface area contributed by atoms with E-state index in [0.717, 1.165) is 22.5 Å². The Bertz CT molecular complexity index is 1410. The summed E-state index contributed by atoms with van der Waals surface area (Å²) in [7, 11) is 5.06. The summed E-state index contributed by atoms with van der Waals surface area (Å²) >= 11 is 6.06. The van der Waals surface area contributed by atoms with Crippen molar-refractivity contribution in [3.05, 3.63) is 80.1 Å². The zero-order chi connectivity index (χ0) is 24.4. The average Bonchev–Trinajstić information content (AvgIpc) is 3.23. The van der Waals surface area contributed by atoms with E-state index in [2.05, 4.69) is 16.8 Å². The van der Waals surface area contributed by atoms with Gasteiger partial charge in [0.2, 0.25) is 5.95 Å². The molecule has 3 aromatic heterocycles. The molecule has 4 aromatic rings. The third-order valence-electron chi connectivity index (χ3n) is 5.98. The Morgan fingerprint density at radius 2 is 1.74 bits per heavy atom. The third-order valence-corrected chi connectivity index (χ3v) is 6.24. The highest BCUT2D eigenvalue weighted by Gasteiger charge is 2.22. The van der Waals surface area contributed by atoms with Crippen LogP contribution in [0.25, 0.3) is 11.2 Å². The summed E-state index contributed by atoms with van der Waals surface area (Å²) in [6.45, 7) is 4.66. The van der Waals surface area contributed by atoms with Gasteiger partial charge in [0, 0.05) is 52.0 Å². The van der Waals surface area contributed by atoms with E-state index in [1.54, 1.807) is 13.2 Å². The summed E-state index contributed by atoms with van der Waals surface area (Å²) < 4.78 is 4.40. The maximum absolute atomic E-state index is 13.1. The first kappa shape index (κ1) is 23.6. The van der Waals surface area contributed by atoms with Crippen molar-refractivity contribution < 1.29 is 0 Å². The maximum atomic E-state index is 13.1. The highest BCUT2D eigenvalue weighted by molar-refractivity contribution is 6.30. The molecule has 0 N–H and O–H groups in total. The number of anilines is 2. The zero-order valence-corrected chi connectivity index (χ0v) is 20.5. The van der Waals surface area contributed by atoms with Crippen LogP contribution in [0.15, 0.2) is 58.3 Å². The topological polar surface area (TPSA) is 81.2 Å². The number of nitrogens with zero attached hydrogens (tertiary/aromatic N) is 7. The summed E-state index contributed by atoms with van der Waals surface area (Å²) in [6, 6.07) is 13.3. The molecule has 0 fully saturated rings. The minimum absolute atomic E-state index is 0.362. The average molecular weight is 482 g/mol. The monoisotopic (exact) mass is 481 g/mol. The first-order chi connectivity index (χ1) is 16.3. The summed E-state index contributed by atoms with van der Waals surface area (Å²) in [5, 5.41) is 0.643. The first-order valence-electron chi connectivity index (χ1n) is 11.1. The third kappa shape index (κ3) is 4.43. The lowest BCUT2D eigenvalue weighted by Crippen LogP contribution is -2.37. The Hall–Kier alpha value is -3.59. The second-order valence-corrected chi connectivity index (χ2v) is 8.63. The van der Waals surface area contributed by atoms with Crippen LogP contribution in [0.1, 0.15) is 12.5 Å². The minimum atomic E-state index is -0.407. The van der Waals surface area contributed by atoms with Gasteiger partial charge in [0.1, 0.15) is 5.82 Å². The quantitative estimate of drug-likeness (QED) is 0.384. The van der Waals surface area contributed by atoms with Crippen LogP contribution in [0.2, 0.25) is 5.02 Å². The smallest absolute Gasteiger partial charge is 0.332 e. The van der Waals surface area contributed by atoms with Gasteiger partial charge in [0.15, 0.2) is 11.2 Å². The lowest BCUT2D eigenvalue weighted by atomic mass is 10.2. The second-order valence-electron chi connectivity index (χ2n) is 8.19. The number of aromatic nitrogens is 5. The van der Waals surface area contributed by atoms with E-state index in [-0.39, 0.29) is 5.56 Å². The highest BCUT2D eigenvalue weighted by Crippen LogP contribution is 2.21. The molecule has 178 valence electrons. The van der Waals surface area contributed by atoms with Gasteiger partial charge >= 0.3 is 5.69 Å². The Kier molecular flexibility index (Phi) is 6.74. The molecule has 10 heteroatoms. The van der Waals surface area contributed by atoms with Crippen molar-refractivity contribution in [1.82, 2.24) is 23.7 Å². The molecule has 0 aliphatic carbocycles. The molecule has 0 spiro atoms. The SMILES string of the molecule is CCN(CCN(C)c1nc2c(c(=O)n(C)c(=O)n2C)n1Cc1ccc(Cl)cc1)c1ccccn1. The molecule has 0 amide bonds. The Morgan fingerprint density at radius 3 is 2.38 bits per heavy atom. The number of likely N-dealkylation sites (N-methyl/N-ethyl adjacent to an activating group) is 2. The van der Waals surface area contributed by atoms with E-state index in [4.69, 9.17) is 16.6 Å². The van der Waals surface area contributed by atoms with Gasteiger partial charge in [0.25, 0.3) is 5.56 Å². The molecular formula is C24H28ClN7O2. The molecule has 1 aromatic carbocycles. The normalized spacial score (nSPS) is 11.2. The Labute approximate surface area is 202 Å². The van der Waals surface area contributed by atoms with Crippen molar-refractivity contribution in [2.75, 3.05) is 36.5 Å². The molecule has 34 heavy (non-hydrogen) atoms. The number of aryl methyl sites for hydroxylation is 1. The maximum Gasteiger partial charge on any atom is 0.332 e. The number of halogens is 1. The molecule has 0 bridgehead atoms. The molecular weight excluding hydrogens is 454 g/mol. The number of imidazole rings is 1. The van der Waals surface area contributed by atoms with Gasteiger partial charge < -0.3 is 9.80 Å². The summed E-state index contributed by atoms with van der Waals surface area (Å²) in [5.74, 6) is 1.52. The number of hydrogen-bond acceptors (Lipinski definition) is 6. The molecule has 0 atom stereocenters. The number of benzene rings is 1. The molecule has 0 aliphatic heterocycles. The van der Waals surface area contributed by atoms with Crippen molar-refractivity contribution in [1.29, 1.82) is 0 Å². The number of hydrogen-bond donors (Lipinski definition) is 0. The molecule has 0 saturated heterocycles. The van der Waals surface area contributed by atoms with Gasteiger partial charge in [-0.2, -0.15) is 4.98 Å². The fourth-order valence-corrected chi connectivity index (χ4v) is 4.12. The highest BCUT2D eigenvalue weighted by atomic mass is 35.5. The van der Waals surface area contributed by atoms with E-state index in [1.807, 2.05) is 59.0 Å². The van der Waals surface area contributed by atoms with Crippen LogP contribution in [0, 0.1) is 0 Å². The van der Waals surface area contributed by atoms with Crippen molar-refractivity contribution in [2.24, 2.45) is 14.1 Å². The molecule has 0 saturated carbocycles. The summed E-state index contributed by atoms with van der Waals surface area (Å²) in [6.07, 6.45) is 1.78. The van der Waals surface area contributed by atoms with Crippen LogP contribution in [-0.2, 0) is 20.6 Å². The fraction of sp³-hybridized carbons (Fsp3) is 0.333. The van der Waals surface area contributed by atoms with Gasteiger partial charge in [-0.25, -0.2) is 9.78 Å². The second kappa shape index (κ2) is 9.72. The molecule has 9 nitrogen and oxygen atoms in total. The van der Waals surface area contributed by atoms with Crippen LogP contribution in [0.4, 0.5) is 11.8 Å². The number of fused-ring (bicyclic) bond motifs is 1. The molecule has 0 radical (unpaired) electrons. The standard InChI is InChI=1S/C24H28ClN7O2/c1-5-31(19-8-6-7-13-26-19)15-14-28(2)23-27-21-20(22(33)30(4)24(34)29(21)3)32(23)16-17-9-11-18(25)12-10-17/h6-13H,5,14-16H2,1-4H3. The van der Waals surface area contributed by atoms with Crippen LogP contribution < -0.4 is 21.0 Å². The zero-order valence-electron chi connectivity index (χ0n) is 19.8. The van der Waals surface area contributed by atoms with E-state index in [9.17, 15) is 9.59 Å². The van der Waals surface area contributed by atoms with Gasteiger partial charge in [-0.05, 0) is 36.8 Å². The van der Waals surface area contributed by atoms with E-state index < -0.39 is 5.69 Å². The molecule has 3 heterocycles. The number of pyridine rings is 1. The van der Waals surface area contributed by atoms with Crippen molar-refractivity contribution in [2.45, 2.75) is 13.5 Å². The Balaban J connectivity index is 1.75. The largest absolute Gasteiger partial charge is 0.355 e. The lowest BCUT2D eigenvalue weighted by molar-refractivity contribution is 0.700. The van der Waals surface area contributed by atoms with E-state index in [1.165, 1.54) is 11.6 Å². The van der Waals surface area contributed by atoms with Crippen molar-refractivity contribution >= 4 is 34.5 Å². The van der Waals surface area contributed by atoms with Gasteiger partial charge in [-0.1, -0.05) is 29.8 Å². The van der Waals surface area contributed by atoms with Gasteiger partial charge in [0.05, 0.1) is 6.54 Å². The number of rotatable bonds is 8. The van der Waals surface area contributed by atoms with Crippen molar-refractivity contribution in [3.8, 4) is 0 Å². The first-order valence-corrected chi connectivity index (χ1v) is 11.5. The summed E-state index contributed by atoms with van der Waals surface area (Å²) in [5.41, 5.74) is 0.940. The lowest BCUT2D eigenvalue weighted by Gasteiger charge is -2.26.